The maximum Gasteiger partial charge on any atom is 0.340 e. The average molecular weight is 792 g/mol. The molecule has 0 saturated carbocycles. The highest BCUT2D eigenvalue weighted by molar-refractivity contribution is 6.01. The lowest BCUT2D eigenvalue weighted by Crippen LogP contribution is -2.34. The minimum atomic E-state index is -2.04. The molecule has 14 heteroatoms. The van der Waals surface area contributed by atoms with Crippen molar-refractivity contribution in [2.24, 2.45) is 10.8 Å². The van der Waals surface area contributed by atoms with E-state index in [0.717, 1.165) is 35.4 Å². The van der Waals surface area contributed by atoms with Gasteiger partial charge in [0.05, 0.1) is 27.5 Å². The predicted octanol–water partition coefficient (Wildman–Crippen LogP) is 8.20. The van der Waals surface area contributed by atoms with Crippen molar-refractivity contribution in [1.29, 1.82) is 0 Å². The molecule has 0 fully saturated rings. The van der Waals surface area contributed by atoms with Crippen LogP contribution in [-0.4, -0.2) is 33.7 Å². The molecular weight excluding hydrogens is 752 g/mol. The number of aryl methyl sites for hydroxylation is 1. The number of hydrogen-bond acceptors (Lipinski definition) is 12. The van der Waals surface area contributed by atoms with Gasteiger partial charge in [-0.25, -0.2) is 18.6 Å². The van der Waals surface area contributed by atoms with Crippen molar-refractivity contribution in [3.63, 3.8) is 0 Å². The van der Waals surface area contributed by atoms with E-state index >= 15 is 8.78 Å². The van der Waals surface area contributed by atoms with Crippen molar-refractivity contribution in [3.05, 3.63) is 130 Å². The van der Waals surface area contributed by atoms with Crippen LogP contribution in [0.3, 0.4) is 0 Å². The molecule has 0 saturated heterocycles. The number of rotatable bonds is 9. The fraction of sp³-hybridized carbons (Fsp3) is 0.273. The normalized spacial score (nSPS) is 13.8. The topological polar surface area (TPSA) is 166 Å². The van der Waals surface area contributed by atoms with E-state index in [1.54, 1.807) is 47.6 Å². The van der Waals surface area contributed by atoms with Gasteiger partial charge >= 0.3 is 23.9 Å². The molecule has 4 aromatic carbocycles. The Morgan fingerprint density at radius 2 is 1.33 bits per heavy atom. The van der Waals surface area contributed by atoms with Crippen LogP contribution >= 0.6 is 0 Å². The lowest BCUT2D eigenvalue weighted by molar-refractivity contribution is -0.143. The number of anilines is 1. The number of ether oxygens (including phenoxy) is 5. The van der Waals surface area contributed by atoms with Crippen LogP contribution in [0.2, 0.25) is 0 Å². The van der Waals surface area contributed by atoms with E-state index in [1.807, 2.05) is 24.3 Å². The molecule has 2 aliphatic rings. The van der Waals surface area contributed by atoms with Crippen LogP contribution in [0.25, 0.3) is 0 Å². The number of ketones is 1. The Morgan fingerprint density at radius 3 is 1.88 bits per heavy atom. The molecular formula is C44H39F2N3O9. The van der Waals surface area contributed by atoms with Crippen LogP contribution in [0.1, 0.15) is 96.5 Å². The summed E-state index contributed by atoms with van der Waals surface area (Å²) in [5.74, 6) is -5.40. The molecule has 7 rings (SSSR count). The van der Waals surface area contributed by atoms with E-state index in [1.165, 1.54) is 24.4 Å². The highest BCUT2D eigenvalue weighted by Crippen LogP contribution is 2.58. The zero-order valence-corrected chi connectivity index (χ0v) is 32.5. The van der Waals surface area contributed by atoms with Crippen LogP contribution in [0.5, 0.6) is 29.0 Å². The third kappa shape index (κ3) is 7.57. The number of aromatic nitrogens is 2. The van der Waals surface area contributed by atoms with E-state index in [0.29, 0.717) is 6.42 Å². The van der Waals surface area contributed by atoms with Crippen molar-refractivity contribution < 1.29 is 51.6 Å². The Kier molecular flexibility index (Phi) is 10.00. The van der Waals surface area contributed by atoms with E-state index in [4.69, 9.17) is 29.4 Å². The summed E-state index contributed by atoms with van der Waals surface area (Å²) < 4.78 is 60.6. The number of carbonyl (C=O) groups is 4. The molecule has 0 radical (unpaired) electrons. The quantitative estimate of drug-likeness (QED) is 0.0865. The molecule has 0 amide bonds. The fourth-order valence-electron chi connectivity index (χ4n) is 6.33. The summed E-state index contributed by atoms with van der Waals surface area (Å²) in [7, 11) is 0. The maximum absolute atomic E-state index is 16.0. The molecule has 5 aromatic rings. The molecule has 1 aromatic heterocycles. The van der Waals surface area contributed by atoms with Crippen LogP contribution in [-0.2, 0) is 33.0 Å². The monoisotopic (exact) mass is 791 g/mol. The van der Waals surface area contributed by atoms with E-state index in [9.17, 15) is 19.2 Å². The second kappa shape index (κ2) is 14.7. The third-order valence-electron chi connectivity index (χ3n) is 9.55. The lowest BCUT2D eigenvalue weighted by atomic mass is 9.76. The van der Waals surface area contributed by atoms with Crippen LogP contribution in [0, 0.1) is 22.5 Å². The first-order valence-electron chi connectivity index (χ1n) is 18.3. The summed E-state index contributed by atoms with van der Waals surface area (Å²) in [4.78, 5) is 61.0. The number of nitrogens with two attached hydrogens (primary N) is 1. The summed E-state index contributed by atoms with van der Waals surface area (Å²) in [5, 5.41) is 0. The van der Waals surface area contributed by atoms with Crippen LogP contribution < -0.4 is 24.7 Å². The molecule has 58 heavy (non-hydrogen) atoms. The summed E-state index contributed by atoms with van der Waals surface area (Å²) in [6.07, 6.45) is 1.95. The first-order valence-corrected chi connectivity index (χ1v) is 18.3. The highest BCUT2D eigenvalue weighted by atomic mass is 19.1. The number of nitrogens with zero attached hydrogens (tertiary/aromatic N) is 2. The lowest BCUT2D eigenvalue weighted by Gasteiger charge is -2.37. The molecule has 2 aliphatic heterocycles. The Hall–Kier alpha value is -6.70. The summed E-state index contributed by atoms with van der Waals surface area (Å²) in [6.45, 7) is 9.81. The zero-order chi connectivity index (χ0) is 41.7. The van der Waals surface area contributed by atoms with Gasteiger partial charge in [-0.15, -0.1) is 0 Å². The largest absolute Gasteiger partial charge is 0.459 e. The van der Waals surface area contributed by atoms with E-state index in [-0.39, 0.29) is 70.0 Å². The van der Waals surface area contributed by atoms with E-state index in [2.05, 4.69) is 9.97 Å². The standard InChI is InChI=1S/C44H39F2N3O9/c1-42(2,3)39(52)56-35-20-33-28(18-30(35)45)44(29-19-31(46)36(21-34(29)55-33)57-40(53)43(4,5)6)27-17-25(12-13-26(27)38(51)58-44)32(50)14-11-23-7-9-24(10-8-23)22-54-41-48-16-15-37(47)49-41/h7-10,12-13,15-21H,11,14,22H2,1-6H3,(H2,47,48,49). The minimum Gasteiger partial charge on any atom is -0.459 e. The van der Waals surface area contributed by atoms with Gasteiger partial charge in [-0.3, -0.25) is 14.4 Å². The number of Topliss-reactive ketones (excluding diaryl/α,β-unsaturated/α-hetero) is 1. The number of carbonyl (C=O) groups excluding carboxylic acids is 4. The van der Waals surface area contributed by atoms with Gasteiger partial charge in [0, 0.05) is 35.9 Å². The van der Waals surface area contributed by atoms with Gasteiger partial charge in [-0.1, -0.05) is 30.3 Å². The van der Waals surface area contributed by atoms with Gasteiger partial charge < -0.3 is 29.4 Å². The molecule has 1 spiro atoms. The molecule has 0 aliphatic carbocycles. The molecule has 3 heterocycles. The van der Waals surface area contributed by atoms with Crippen molar-refractivity contribution >= 4 is 29.5 Å². The minimum absolute atomic E-state index is 0.0454. The molecule has 12 nitrogen and oxygen atoms in total. The fourth-order valence-corrected chi connectivity index (χ4v) is 6.33. The van der Waals surface area contributed by atoms with Crippen molar-refractivity contribution in [2.75, 3.05) is 5.73 Å². The second-order valence-electron chi connectivity index (χ2n) is 16.1. The average Bonchev–Trinajstić information content (AvgIpc) is 3.45. The van der Waals surface area contributed by atoms with Gasteiger partial charge in [0.25, 0.3) is 0 Å². The Balaban J connectivity index is 1.23. The third-order valence-corrected chi connectivity index (χ3v) is 9.55. The number of nitrogen functional groups attached to an aromatic ring is 1. The highest BCUT2D eigenvalue weighted by Gasteiger charge is 2.55. The van der Waals surface area contributed by atoms with Crippen molar-refractivity contribution in [1.82, 2.24) is 9.97 Å². The Morgan fingerprint density at radius 1 is 0.759 bits per heavy atom. The molecule has 0 unspecified atom stereocenters. The van der Waals surface area contributed by atoms with Crippen LogP contribution in [0.15, 0.2) is 79.0 Å². The van der Waals surface area contributed by atoms with E-state index < -0.39 is 57.5 Å². The second-order valence-corrected chi connectivity index (χ2v) is 16.1. The molecule has 0 bridgehead atoms. The number of esters is 3. The predicted molar refractivity (Wildman–Crippen MR) is 205 cm³/mol. The van der Waals surface area contributed by atoms with Gasteiger partial charge in [-0.05, 0) is 89.4 Å². The summed E-state index contributed by atoms with van der Waals surface area (Å²) in [5.41, 5.74) is 3.65. The first kappa shape index (κ1) is 39.5. The van der Waals surface area contributed by atoms with Crippen LogP contribution in [0.4, 0.5) is 14.6 Å². The Labute approximate surface area is 332 Å². The molecule has 298 valence electrons. The van der Waals surface area contributed by atoms with Crippen molar-refractivity contribution in [2.45, 2.75) is 66.6 Å². The summed E-state index contributed by atoms with van der Waals surface area (Å²) >= 11 is 0. The Bertz CT molecular complexity index is 2420. The molecule has 2 N–H and O–H groups in total. The number of hydrogen-bond donors (Lipinski definition) is 1. The van der Waals surface area contributed by atoms with Gasteiger partial charge in [-0.2, -0.15) is 4.98 Å². The number of benzene rings is 4. The summed E-state index contributed by atoms with van der Waals surface area (Å²) in [6, 6.07) is 17.8. The number of halogens is 2. The zero-order valence-electron chi connectivity index (χ0n) is 32.5. The SMILES string of the molecule is CC(C)(C)C(=O)Oc1cc2c(cc1F)C1(OC(=O)c3ccc(C(=O)CCc4ccc(COc5nccc(N)n5)cc4)cc31)c1cc(F)c(OC(=O)C(C)(C)C)cc1O2. The van der Waals surface area contributed by atoms with Gasteiger partial charge in [0.1, 0.15) is 23.9 Å². The maximum atomic E-state index is 16.0. The first-order chi connectivity index (χ1) is 27.3. The number of fused-ring (bicyclic) bond motifs is 6. The molecule has 0 atom stereocenters. The van der Waals surface area contributed by atoms with Gasteiger partial charge in [0.2, 0.25) is 0 Å². The van der Waals surface area contributed by atoms with Gasteiger partial charge in [0.15, 0.2) is 34.5 Å². The van der Waals surface area contributed by atoms with Crippen molar-refractivity contribution in [3.8, 4) is 29.0 Å². The smallest absolute Gasteiger partial charge is 0.340 e.